The highest BCUT2D eigenvalue weighted by Crippen LogP contribution is 2.27. The Balaban J connectivity index is 2.49. The Morgan fingerprint density at radius 3 is 2.38 bits per heavy atom. The highest BCUT2D eigenvalue weighted by molar-refractivity contribution is 5.83. The lowest BCUT2D eigenvalue weighted by Crippen LogP contribution is -2.49. The first-order chi connectivity index (χ1) is 9.95. The van der Waals surface area contributed by atoms with E-state index >= 15 is 0 Å². The fourth-order valence-electron chi connectivity index (χ4n) is 2.11. The van der Waals surface area contributed by atoms with Gasteiger partial charge in [0.1, 0.15) is 6.04 Å². The van der Waals surface area contributed by atoms with Crippen molar-refractivity contribution in [1.29, 1.82) is 0 Å². The van der Waals surface area contributed by atoms with Crippen LogP contribution in [-0.4, -0.2) is 51.7 Å². The van der Waals surface area contributed by atoms with Gasteiger partial charge in [-0.15, -0.1) is 0 Å². The van der Waals surface area contributed by atoms with Crippen molar-refractivity contribution in [3.05, 3.63) is 0 Å². The van der Waals surface area contributed by atoms with Gasteiger partial charge in [-0.25, -0.2) is 9.59 Å². The van der Waals surface area contributed by atoms with Crippen LogP contribution in [0.1, 0.15) is 51.9 Å². The molecule has 2 amide bonds. The van der Waals surface area contributed by atoms with Gasteiger partial charge in [0.15, 0.2) is 0 Å². The monoisotopic (exact) mass is 300 g/mol. The summed E-state index contributed by atoms with van der Waals surface area (Å²) in [5.41, 5.74) is 0. The van der Waals surface area contributed by atoms with E-state index in [4.69, 9.17) is 10.2 Å². The van der Waals surface area contributed by atoms with Crippen LogP contribution in [0.4, 0.5) is 4.79 Å². The molecule has 1 rings (SSSR count). The molecule has 0 aromatic heterocycles. The number of aliphatic carboxylic acids is 2. The van der Waals surface area contributed by atoms with Gasteiger partial charge in [0.25, 0.3) is 0 Å². The number of unbranched alkanes of at least 4 members (excludes halogenated alkanes) is 1. The second-order valence-electron chi connectivity index (χ2n) is 5.40. The Labute approximate surface area is 124 Å². The van der Waals surface area contributed by atoms with Crippen LogP contribution in [0.2, 0.25) is 0 Å². The molecule has 3 N–H and O–H groups in total. The van der Waals surface area contributed by atoms with Crippen molar-refractivity contribution in [3.63, 3.8) is 0 Å². The zero-order chi connectivity index (χ0) is 15.8. The minimum Gasteiger partial charge on any atom is -0.481 e. The first kappa shape index (κ1) is 17.3. The van der Waals surface area contributed by atoms with E-state index in [1.54, 1.807) is 4.90 Å². The van der Waals surface area contributed by atoms with Gasteiger partial charge in [0.05, 0.1) is 0 Å². The summed E-state index contributed by atoms with van der Waals surface area (Å²) >= 11 is 0. The van der Waals surface area contributed by atoms with Gasteiger partial charge < -0.3 is 20.4 Å². The van der Waals surface area contributed by atoms with Crippen molar-refractivity contribution >= 4 is 18.0 Å². The lowest BCUT2D eigenvalue weighted by Gasteiger charge is -2.25. The van der Waals surface area contributed by atoms with E-state index in [0.717, 1.165) is 25.7 Å². The number of hydrogen-bond donors (Lipinski definition) is 3. The summed E-state index contributed by atoms with van der Waals surface area (Å²) in [6.07, 6.45) is 4.05. The first-order valence-electron chi connectivity index (χ1n) is 7.47. The van der Waals surface area contributed by atoms with Crippen molar-refractivity contribution in [1.82, 2.24) is 10.2 Å². The van der Waals surface area contributed by atoms with Crippen LogP contribution in [0.3, 0.4) is 0 Å². The van der Waals surface area contributed by atoms with Crippen LogP contribution >= 0.6 is 0 Å². The summed E-state index contributed by atoms with van der Waals surface area (Å²) < 4.78 is 0. The molecular weight excluding hydrogens is 276 g/mol. The third kappa shape index (κ3) is 6.46. The molecule has 1 fully saturated rings. The average Bonchev–Trinajstić information content (AvgIpc) is 3.22. The number of amides is 2. The third-order valence-corrected chi connectivity index (χ3v) is 3.48. The van der Waals surface area contributed by atoms with Gasteiger partial charge >= 0.3 is 18.0 Å². The predicted octanol–water partition coefficient (Wildman–Crippen LogP) is 1.67. The normalized spacial score (nSPS) is 15.3. The first-order valence-corrected chi connectivity index (χ1v) is 7.47. The molecule has 0 unspecified atom stereocenters. The Morgan fingerprint density at radius 1 is 1.24 bits per heavy atom. The summed E-state index contributed by atoms with van der Waals surface area (Å²) in [5, 5.41) is 20.2. The molecule has 1 atom stereocenters. The molecule has 1 aliphatic rings. The molecule has 0 saturated heterocycles. The van der Waals surface area contributed by atoms with Gasteiger partial charge in [0.2, 0.25) is 0 Å². The maximum atomic E-state index is 12.2. The lowest BCUT2D eigenvalue weighted by atomic mass is 10.1. The van der Waals surface area contributed by atoms with Crippen molar-refractivity contribution in [2.24, 2.45) is 0 Å². The minimum absolute atomic E-state index is 0.0954. The summed E-state index contributed by atoms with van der Waals surface area (Å²) in [6.45, 7) is 2.67. The lowest BCUT2D eigenvalue weighted by molar-refractivity contribution is -0.140. The van der Waals surface area contributed by atoms with Crippen LogP contribution in [0, 0.1) is 0 Å². The zero-order valence-corrected chi connectivity index (χ0v) is 12.4. The Morgan fingerprint density at radius 2 is 1.90 bits per heavy atom. The van der Waals surface area contributed by atoms with Crippen LogP contribution in [-0.2, 0) is 9.59 Å². The number of carbonyl (C=O) groups is 3. The largest absolute Gasteiger partial charge is 0.481 e. The van der Waals surface area contributed by atoms with E-state index in [9.17, 15) is 14.4 Å². The molecule has 0 aliphatic heterocycles. The summed E-state index contributed by atoms with van der Waals surface area (Å²) in [7, 11) is 0. The van der Waals surface area contributed by atoms with Crippen molar-refractivity contribution < 1.29 is 24.6 Å². The second-order valence-corrected chi connectivity index (χ2v) is 5.40. The second kappa shape index (κ2) is 8.49. The molecule has 0 bridgehead atoms. The summed E-state index contributed by atoms with van der Waals surface area (Å²) in [6, 6.07) is -1.15. The highest BCUT2D eigenvalue weighted by atomic mass is 16.4. The van der Waals surface area contributed by atoms with Gasteiger partial charge in [-0.3, -0.25) is 4.79 Å². The minimum atomic E-state index is -1.13. The molecule has 0 heterocycles. The van der Waals surface area contributed by atoms with Crippen molar-refractivity contribution in [2.75, 3.05) is 6.54 Å². The standard InChI is InChI=1S/C14H24N2O5/c1-2-3-9-16(10-7-8-10)14(21)15-11(13(19)20)5-4-6-12(17)18/h10-11H,2-9H2,1H3,(H,15,21)(H,17,18)(H,19,20)/t11-/m1/s1. The van der Waals surface area contributed by atoms with Crippen LogP contribution < -0.4 is 5.32 Å². The maximum Gasteiger partial charge on any atom is 0.326 e. The van der Waals surface area contributed by atoms with Gasteiger partial charge in [-0.05, 0) is 32.1 Å². The summed E-state index contributed by atoms with van der Waals surface area (Å²) in [5.74, 6) is -2.09. The van der Waals surface area contributed by atoms with Crippen LogP contribution in [0.15, 0.2) is 0 Å². The van der Waals surface area contributed by atoms with Crippen LogP contribution in [0.25, 0.3) is 0 Å². The van der Waals surface area contributed by atoms with E-state index in [2.05, 4.69) is 5.32 Å². The van der Waals surface area contributed by atoms with Gasteiger partial charge in [0, 0.05) is 19.0 Å². The molecule has 7 heteroatoms. The number of carbonyl (C=O) groups excluding carboxylic acids is 1. The predicted molar refractivity (Wildman–Crippen MR) is 76.1 cm³/mol. The molecule has 0 aromatic carbocycles. The molecule has 0 aromatic rings. The van der Waals surface area contributed by atoms with Gasteiger partial charge in [-0.2, -0.15) is 0 Å². The van der Waals surface area contributed by atoms with Gasteiger partial charge in [-0.1, -0.05) is 13.3 Å². The third-order valence-electron chi connectivity index (χ3n) is 3.48. The number of carboxylic acid groups (broad SMARTS) is 2. The number of carboxylic acids is 2. The van der Waals surface area contributed by atoms with E-state index in [1.807, 2.05) is 6.92 Å². The van der Waals surface area contributed by atoms with Crippen molar-refractivity contribution in [2.45, 2.75) is 64.0 Å². The molecule has 7 nitrogen and oxygen atoms in total. The Kier molecular flexibility index (Phi) is 6.98. The van der Waals surface area contributed by atoms with E-state index in [-0.39, 0.29) is 31.3 Å². The molecule has 120 valence electrons. The topological polar surface area (TPSA) is 107 Å². The number of rotatable bonds is 10. The fraction of sp³-hybridized carbons (Fsp3) is 0.786. The molecule has 0 spiro atoms. The van der Waals surface area contributed by atoms with E-state index in [1.165, 1.54) is 0 Å². The van der Waals surface area contributed by atoms with Crippen molar-refractivity contribution in [3.8, 4) is 0 Å². The molecular formula is C14H24N2O5. The molecule has 0 radical (unpaired) electrons. The smallest absolute Gasteiger partial charge is 0.326 e. The molecule has 1 saturated carbocycles. The Hall–Kier alpha value is -1.79. The molecule has 1 aliphatic carbocycles. The molecule has 21 heavy (non-hydrogen) atoms. The van der Waals surface area contributed by atoms with Crippen LogP contribution in [0.5, 0.6) is 0 Å². The quantitative estimate of drug-likeness (QED) is 0.569. The summed E-state index contributed by atoms with van der Waals surface area (Å²) in [4.78, 5) is 35.5. The number of hydrogen-bond acceptors (Lipinski definition) is 3. The number of nitrogens with zero attached hydrogens (tertiary/aromatic N) is 1. The Bertz CT molecular complexity index is 382. The SMILES string of the molecule is CCCCN(C(=O)N[C@H](CCCC(=O)O)C(=O)O)C1CC1. The van der Waals surface area contributed by atoms with E-state index in [0.29, 0.717) is 6.54 Å². The zero-order valence-electron chi connectivity index (χ0n) is 12.4. The fourth-order valence-corrected chi connectivity index (χ4v) is 2.11. The average molecular weight is 300 g/mol. The number of urea groups is 1. The number of nitrogens with one attached hydrogen (secondary N) is 1. The maximum absolute atomic E-state index is 12.2. The van der Waals surface area contributed by atoms with E-state index < -0.39 is 18.0 Å². The highest BCUT2D eigenvalue weighted by Gasteiger charge is 2.33.